The van der Waals surface area contributed by atoms with E-state index in [2.05, 4.69) is 47.1 Å². The number of fused-ring (bicyclic) bond motifs is 1. The molecule has 2 nitrogen and oxygen atoms in total. The summed E-state index contributed by atoms with van der Waals surface area (Å²) in [5.41, 5.74) is 1.21. The smallest absolute Gasteiger partial charge is 0.216 e. The molecule has 0 aliphatic carbocycles. The minimum atomic E-state index is 0.0260. The van der Waals surface area contributed by atoms with E-state index in [1.54, 1.807) is 11.3 Å². The van der Waals surface area contributed by atoms with Crippen molar-refractivity contribution in [2.24, 2.45) is 0 Å². The molecule has 0 unspecified atom stereocenters. The summed E-state index contributed by atoms with van der Waals surface area (Å²) in [6.45, 7) is 2.24. The third-order valence-electron chi connectivity index (χ3n) is 2.47. The molecule has 0 atom stereocenters. The molecule has 0 bridgehead atoms. The van der Waals surface area contributed by atoms with Crippen molar-refractivity contribution in [3.05, 3.63) is 41.3 Å². The average Bonchev–Trinajstić information content (AvgIpc) is 2.75. The van der Waals surface area contributed by atoms with Gasteiger partial charge in [0, 0.05) is 18.2 Å². The van der Waals surface area contributed by atoms with Crippen LogP contribution >= 0.6 is 11.3 Å². The van der Waals surface area contributed by atoms with E-state index in [1.165, 1.54) is 22.6 Å². The van der Waals surface area contributed by atoms with Crippen molar-refractivity contribution in [2.75, 3.05) is 6.54 Å². The SMILES string of the molecule is CC(=O)NCCC=Cc1ccc2sccc2c1. The molecule has 2 aromatic rings. The Balaban J connectivity index is 1.93. The van der Waals surface area contributed by atoms with Gasteiger partial charge in [-0.25, -0.2) is 0 Å². The van der Waals surface area contributed by atoms with Gasteiger partial charge in [0.1, 0.15) is 0 Å². The van der Waals surface area contributed by atoms with Gasteiger partial charge >= 0.3 is 0 Å². The van der Waals surface area contributed by atoms with Crippen LogP contribution in [0.4, 0.5) is 0 Å². The van der Waals surface area contributed by atoms with Crippen LogP contribution in [0.5, 0.6) is 0 Å². The third-order valence-corrected chi connectivity index (χ3v) is 3.37. The Morgan fingerprint density at radius 1 is 1.41 bits per heavy atom. The van der Waals surface area contributed by atoms with Crippen molar-refractivity contribution in [3.63, 3.8) is 0 Å². The van der Waals surface area contributed by atoms with Crippen LogP contribution in [0.25, 0.3) is 16.2 Å². The summed E-state index contributed by atoms with van der Waals surface area (Å²) in [5, 5.41) is 6.17. The van der Waals surface area contributed by atoms with Gasteiger partial charge in [-0.15, -0.1) is 11.3 Å². The van der Waals surface area contributed by atoms with Crippen LogP contribution in [0.3, 0.4) is 0 Å². The fourth-order valence-electron chi connectivity index (χ4n) is 1.64. The number of carbonyl (C=O) groups excluding carboxylic acids is 1. The van der Waals surface area contributed by atoms with Crippen LogP contribution in [0.2, 0.25) is 0 Å². The minimum absolute atomic E-state index is 0.0260. The average molecular weight is 245 g/mol. The Morgan fingerprint density at radius 3 is 3.12 bits per heavy atom. The Bertz CT molecular complexity index is 542. The van der Waals surface area contributed by atoms with Crippen LogP contribution in [-0.4, -0.2) is 12.5 Å². The van der Waals surface area contributed by atoms with E-state index in [-0.39, 0.29) is 5.91 Å². The number of amides is 1. The number of rotatable bonds is 4. The van der Waals surface area contributed by atoms with Crippen molar-refractivity contribution in [1.29, 1.82) is 0 Å². The number of thiophene rings is 1. The summed E-state index contributed by atoms with van der Waals surface area (Å²) < 4.78 is 1.32. The lowest BCUT2D eigenvalue weighted by molar-refractivity contribution is -0.118. The highest BCUT2D eigenvalue weighted by atomic mass is 32.1. The molecule has 2 rings (SSSR count). The quantitative estimate of drug-likeness (QED) is 0.821. The van der Waals surface area contributed by atoms with Gasteiger partial charge in [0.05, 0.1) is 0 Å². The molecule has 3 heteroatoms. The zero-order valence-corrected chi connectivity index (χ0v) is 10.6. The molecule has 88 valence electrons. The lowest BCUT2D eigenvalue weighted by Gasteiger charge is -1.97. The topological polar surface area (TPSA) is 29.1 Å². The molecule has 0 aliphatic heterocycles. The first kappa shape index (κ1) is 11.9. The number of carbonyl (C=O) groups is 1. The zero-order valence-electron chi connectivity index (χ0n) is 9.77. The second-order valence-corrected chi connectivity index (χ2v) is 4.84. The first-order chi connectivity index (χ1) is 8.25. The second kappa shape index (κ2) is 5.64. The van der Waals surface area contributed by atoms with Gasteiger partial charge in [-0.3, -0.25) is 4.79 Å². The maximum atomic E-state index is 10.7. The van der Waals surface area contributed by atoms with Gasteiger partial charge in [0.25, 0.3) is 0 Å². The van der Waals surface area contributed by atoms with Gasteiger partial charge in [0.2, 0.25) is 5.91 Å². The summed E-state index contributed by atoms with van der Waals surface area (Å²) in [7, 11) is 0. The zero-order chi connectivity index (χ0) is 12.1. The molecule has 1 N–H and O–H groups in total. The van der Waals surface area contributed by atoms with E-state index in [0.29, 0.717) is 6.54 Å². The lowest BCUT2D eigenvalue weighted by Crippen LogP contribution is -2.20. The van der Waals surface area contributed by atoms with Crippen LogP contribution < -0.4 is 5.32 Å². The predicted molar refractivity (Wildman–Crippen MR) is 74.2 cm³/mol. The Kier molecular flexibility index (Phi) is 3.94. The fourth-order valence-corrected chi connectivity index (χ4v) is 2.41. The number of hydrogen-bond acceptors (Lipinski definition) is 2. The van der Waals surface area contributed by atoms with E-state index in [4.69, 9.17) is 0 Å². The van der Waals surface area contributed by atoms with Crippen molar-refractivity contribution in [2.45, 2.75) is 13.3 Å². The highest BCUT2D eigenvalue weighted by Crippen LogP contribution is 2.22. The van der Waals surface area contributed by atoms with E-state index in [9.17, 15) is 4.79 Å². The summed E-state index contributed by atoms with van der Waals surface area (Å²) >= 11 is 1.76. The third kappa shape index (κ3) is 3.43. The first-order valence-electron chi connectivity index (χ1n) is 5.64. The Hall–Kier alpha value is -1.61. The largest absolute Gasteiger partial charge is 0.356 e. The normalized spacial score (nSPS) is 11.1. The molecule has 0 radical (unpaired) electrons. The molecule has 0 spiro atoms. The molecule has 0 aliphatic rings. The molecule has 0 saturated heterocycles. The van der Waals surface area contributed by atoms with Crippen LogP contribution in [-0.2, 0) is 4.79 Å². The van der Waals surface area contributed by atoms with E-state index in [0.717, 1.165) is 6.42 Å². The highest BCUT2D eigenvalue weighted by molar-refractivity contribution is 7.17. The van der Waals surface area contributed by atoms with E-state index >= 15 is 0 Å². The first-order valence-corrected chi connectivity index (χ1v) is 6.52. The molecule has 17 heavy (non-hydrogen) atoms. The molecule has 1 aromatic carbocycles. The second-order valence-electron chi connectivity index (χ2n) is 3.89. The maximum absolute atomic E-state index is 10.7. The number of hydrogen-bond donors (Lipinski definition) is 1. The van der Waals surface area contributed by atoms with Crippen LogP contribution in [0.1, 0.15) is 18.9 Å². The molecule has 1 aromatic heterocycles. The number of nitrogens with one attached hydrogen (secondary N) is 1. The van der Waals surface area contributed by atoms with Gasteiger partial charge in [-0.05, 0) is 40.9 Å². The molecule has 0 fully saturated rings. The number of benzene rings is 1. The predicted octanol–water partition coefficient (Wildman–Crippen LogP) is 3.44. The standard InChI is InChI=1S/C14H15NOS/c1-11(16)15-8-3-2-4-12-5-6-14-13(10-12)7-9-17-14/h2,4-7,9-10H,3,8H2,1H3,(H,15,16). The van der Waals surface area contributed by atoms with Gasteiger partial charge in [-0.2, -0.15) is 0 Å². The molecular formula is C14H15NOS. The van der Waals surface area contributed by atoms with E-state index < -0.39 is 0 Å². The molecule has 0 saturated carbocycles. The lowest BCUT2D eigenvalue weighted by atomic mass is 10.1. The van der Waals surface area contributed by atoms with Gasteiger partial charge < -0.3 is 5.32 Å². The van der Waals surface area contributed by atoms with Gasteiger partial charge in [0.15, 0.2) is 0 Å². The van der Waals surface area contributed by atoms with Crippen LogP contribution in [0.15, 0.2) is 35.7 Å². The van der Waals surface area contributed by atoms with Crippen molar-refractivity contribution in [1.82, 2.24) is 5.32 Å². The highest BCUT2D eigenvalue weighted by Gasteiger charge is 1.94. The summed E-state index contributed by atoms with van der Waals surface area (Å²) in [6.07, 6.45) is 5.05. The monoisotopic (exact) mass is 245 g/mol. The van der Waals surface area contributed by atoms with Crippen molar-refractivity contribution in [3.8, 4) is 0 Å². The summed E-state index contributed by atoms with van der Waals surface area (Å²) in [6, 6.07) is 8.58. The molecule has 1 amide bonds. The van der Waals surface area contributed by atoms with Crippen molar-refractivity contribution >= 4 is 33.4 Å². The van der Waals surface area contributed by atoms with E-state index in [1.807, 2.05) is 0 Å². The van der Waals surface area contributed by atoms with Crippen molar-refractivity contribution < 1.29 is 4.79 Å². The van der Waals surface area contributed by atoms with Gasteiger partial charge in [-0.1, -0.05) is 18.2 Å². The summed E-state index contributed by atoms with van der Waals surface area (Å²) in [4.78, 5) is 10.7. The Labute approximate surface area is 105 Å². The molecular weight excluding hydrogens is 230 g/mol. The molecule has 1 heterocycles. The van der Waals surface area contributed by atoms with Crippen LogP contribution in [0, 0.1) is 0 Å². The fraction of sp³-hybridized carbons (Fsp3) is 0.214. The minimum Gasteiger partial charge on any atom is -0.356 e. The summed E-state index contributed by atoms with van der Waals surface area (Å²) in [5.74, 6) is 0.0260. The maximum Gasteiger partial charge on any atom is 0.216 e. The Morgan fingerprint density at radius 2 is 2.29 bits per heavy atom.